The quantitative estimate of drug-likeness (QED) is 0.836. The van der Waals surface area contributed by atoms with E-state index in [0.717, 1.165) is 24.2 Å². The fourth-order valence-electron chi connectivity index (χ4n) is 3.48. The van der Waals surface area contributed by atoms with Crippen LogP contribution in [0.1, 0.15) is 36.4 Å². The number of oxime groups is 1. The van der Waals surface area contributed by atoms with E-state index in [1.165, 1.54) is 18.4 Å². The zero-order valence-electron chi connectivity index (χ0n) is 12.6. The Bertz CT molecular complexity index is 654. The van der Waals surface area contributed by atoms with Gasteiger partial charge in [-0.15, -0.1) is 0 Å². The topological polar surface area (TPSA) is 24.8 Å². The summed E-state index contributed by atoms with van der Waals surface area (Å²) >= 11 is 0. The van der Waals surface area contributed by atoms with Gasteiger partial charge in [0.2, 0.25) is 0 Å². The molecule has 2 aromatic rings. The Labute approximate surface area is 131 Å². The summed E-state index contributed by atoms with van der Waals surface area (Å²) < 4.78 is 0. The van der Waals surface area contributed by atoms with E-state index < -0.39 is 0 Å². The molecule has 1 saturated heterocycles. The lowest BCUT2D eigenvalue weighted by Gasteiger charge is -2.43. The molecule has 3 nitrogen and oxygen atoms in total. The minimum atomic E-state index is 0.117. The van der Waals surface area contributed by atoms with Gasteiger partial charge in [-0.1, -0.05) is 65.8 Å². The summed E-state index contributed by atoms with van der Waals surface area (Å²) in [5, 5.41) is 4.39. The minimum Gasteiger partial charge on any atom is -0.376 e. The summed E-state index contributed by atoms with van der Waals surface area (Å²) in [6.07, 6.45) is 3.56. The van der Waals surface area contributed by atoms with Gasteiger partial charge in [0, 0.05) is 24.6 Å². The lowest BCUT2D eigenvalue weighted by Crippen LogP contribution is -2.48. The first-order valence-electron chi connectivity index (χ1n) is 8.00. The summed E-state index contributed by atoms with van der Waals surface area (Å²) in [4.78, 5) is 8.28. The summed E-state index contributed by atoms with van der Waals surface area (Å²) in [5.74, 6) is 0. The predicted molar refractivity (Wildman–Crippen MR) is 87.6 cm³/mol. The standard InChI is InChI=1S/C19H20N2O/c1-3-8-15(9-4-1)17-14-21-18(16-10-5-2-6-11-16)12-7-13-19(21)22-20-17/h1-6,8-11,18-19H,7,12-14H2. The van der Waals surface area contributed by atoms with Crippen molar-refractivity contribution in [3.8, 4) is 0 Å². The molecule has 0 spiro atoms. The molecule has 1 fully saturated rings. The molecule has 0 N–H and O–H groups in total. The molecule has 0 bridgehead atoms. The second-order valence-corrected chi connectivity index (χ2v) is 5.99. The van der Waals surface area contributed by atoms with Gasteiger partial charge in [-0.05, 0) is 18.4 Å². The Morgan fingerprint density at radius 2 is 1.64 bits per heavy atom. The van der Waals surface area contributed by atoms with Crippen LogP contribution in [0.4, 0.5) is 0 Å². The molecule has 2 heterocycles. The van der Waals surface area contributed by atoms with Gasteiger partial charge in [-0.2, -0.15) is 0 Å². The van der Waals surface area contributed by atoms with Crippen LogP contribution in [-0.4, -0.2) is 23.4 Å². The molecule has 0 radical (unpaired) electrons. The molecule has 112 valence electrons. The summed E-state index contributed by atoms with van der Waals surface area (Å²) in [7, 11) is 0. The molecular formula is C19H20N2O. The average Bonchev–Trinajstić information content (AvgIpc) is 2.62. The maximum atomic E-state index is 5.81. The number of hydrogen-bond donors (Lipinski definition) is 0. The zero-order chi connectivity index (χ0) is 14.8. The Morgan fingerprint density at radius 3 is 2.41 bits per heavy atom. The Kier molecular flexibility index (Phi) is 3.65. The molecule has 2 aliphatic rings. The molecular weight excluding hydrogens is 272 g/mol. The summed E-state index contributed by atoms with van der Waals surface area (Å²) in [5.41, 5.74) is 3.56. The average molecular weight is 292 g/mol. The van der Waals surface area contributed by atoms with Crippen LogP contribution < -0.4 is 0 Å². The van der Waals surface area contributed by atoms with E-state index in [1.807, 2.05) is 6.07 Å². The molecule has 2 aliphatic heterocycles. The number of hydrogen-bond acceptors (Lipinski definition) is 3. The maximum Gasteiger partial charge on any atom is 0.182 e. The fourth-order valence-corrected chi connectivity index (χ4v) is 3.48. The van der Waals surface area contributed by atoms with Gasteiger partial charge >= 0.3 is 0 Å². The zero-order valence-corrected chi connectivity index (χ0v) is 12.6. The van der Waals surface area contributed by atoms with Gasteiger partial charge in [0.15, 0.2) is 6.23 Å². The van der Waals surface area contributed by atoms with Crippen LogP contribution in [-0.2, 0) is 4.84 Å². The van der Waals surface area contributed by atoms with Crippen molar-refractivity contribution in [3.05, 3.63) is 71.8 Å². The molecule has 2 aromatic carbocycles. The molecule has 2 unspecified atom stereocenters. The van der Waals surface area contributed by atoms with E-state index >= 15 is 0 Å². The van der Waals surface area contributed by atoms with Crippen molar-refractivity contribution in [1.82, 2.24) is 4.90 Å². The van der Waals surface area contributed by atoms with Crippen molar-refractivity contribution >= 4 is 5.71 Å². The monoisotopic (exact) mass is 292 g/mol. The largest absolute Gasteiger partial charge is 0.376 e. The van der Waals surface area contributed by atoms with Crippen LogP contribution in [0.3, 0.4) is 0 Å². The van der Waals surface area contributed by atoms with Gasteiger partial charge in [-0.3, -0.25) is 4.90 Å². The molecule has 4 rings (SSSR count). The molecule has 0 aromatic heterocycles. The third-order valence-corrected chi connectivity index (χ3v) is 4.61. The van der Waals surface area contributed by atoms with Gasteiger partial charge in [-0.25, -0.2) is 0 Å². The summed E-state index contributed by atoms with van der Waals surface area (Å²) in [6.45, 7) is 0.855. The first kappa shape index (κ1) is 13.5. The van der Waals surface area contributed by atoms with E-state index in [9.17, 15) is 0 Å². The van der Waals surface area contributed by atoms with Crippen molar-refractivity contribution in [2.45, 2.75) is 31.5 Å². The number of fused-ring (bicyclic) bond motifs is 1. The normalized spacial score (nSPS) is 25.0. The van der Waals surface area contributed by atoms with Crippen molar-refractivity contribution in [3.63, 3.8) is 0 Å². The maximum absolute atomic E-state index is 5.81. The van der Waals surface area contributed by atoms with Crippen LogP contribution in [0.2, 0.25) is 0 Å². The van der Waals surface area contributed by atoms with E-state index in [0.29, 0.717) is 6.04 Å². The third kappa shape index (κ3) is 2.53. The number of rotatable bonds is 2. The van der Waals surface area contributed by atoms with Crippen molar-refractivity contribution in [2.75, 3.05) is 6.54 Å². The van der Waals surface area contributed by atoms with Crippen LogP contribution in [0.5, 0.6) is 0 Å². The number of benzene rings is 2. The SMILES string of the molecule is c1ccc(C2=NOC3CCCC(c4ccccc4)N3C2)cc1. The van der Waals surface area contributed by atoms with E-state index in [-0.39, 0.29) is 6.23 Å². The molecule has 0 amide bonds. The van der Waals surface area contributed by atoms with Crippen LogP contribution in [0.25, 0.3) is 0 Å². The van der Waals surface area contributed by atoms with Gasteiger partial charge in [0.1, 0.15) is 5.71 Å². The van der Waals surface area contributed by atoms with Crippen LogP contribution >= 0.6 is 0 Å². The fraction of sp³-hybridized carbons (Fsp3) is 0.316. The molecule has 2 atom stereocenters. The minimum absolute atomic E-state index is 0.117. The second-order valence-electron chi connectivity index (χ2n) is 5.99. The molecule has 0 aliphatic carbocycles. The highest BCUT2D eigenvalue weighted by molar-refractivity contribution is 6.02. The molecule has 22 heavy (non-hydrogen) atoms. The van der Waals surface area contributed by atoms with Crippen molar-refractivity contribution < 1.29 is 4.84 Å². The van der Waals surface area contributed by atoms with Crippen molar-refractivity contribution in [2.24, 2.45) is 5.16 Å². The Morgan fingerprint density at radius 1 is 0.909 bits per heavy atom. The smallest absolute Gasteiger partial charge is 0.182 e. The first-order valence-corrected chi connectivity index (χ1v) is 8.00. The van der Waals surface area contributed by atoms with Gasteiger partial charge in [0.05, 0.1) is 0 Å². The third-order valence-electron chi connectivity index (χ3n) is 4.61. The van der Waals surface area contributed by atoms with Crippen LogP contribution in [0, 0.1) is 0 Å². The highest BCUT2D eigenvalue weighted by Crippen LogP contribution is 2.36. The van der Waals surface area contributed by atoms with E-state index in [1.54, 1.807) is 0 Å². The lowest BCUT2D eigenvalue weighted by molar-refractivity contribution is -0.108. The summed E-state index contributed by atoms with van der Waals surface area (Å²) in [6, 6.07) is 21.5. The number of nitrogens with zero attached hydrogens (tertiary/aromatic N) is 2. The Hall–Kier alpha value is -2.13. The van der Waals surface area contributed by atoms with Gasteiger partial charge in [0.25, 0.3) is 0 Å². The van der Waals surface area contributed by atoms with E-state index in [4.69, 9.17) is 4.84 Å². The second kappa shape index (κ2) is 5.93. The van der Waals surface area contributed by atoms with Crippen molar-refractivity contribution in [1.29, 1.82) is 0 Å². The molecule has 3 heteroatoms. The van der Waals surface area contributed by atoms with Gasteiger partial charge < -0.3 is 4.84 Å². The predicted octanol–water partition coefficient (Wildman–Crippen LogP) is 3.97. The first-order chi connectivity index (χ1) is 10.9. The highest BCUT2D eigenvalue weighted by Gasteiger charge is 2.36. The van der Waals surface area contributed by atoms with Crippen LogP contribution in [0.15, 0.2) is 65.8 Å². The van der Waals surface area contributed by atoms with E-state index in [2.05, 4.69) is 64.7 Å². The highest BCUT2D eigenvalue weighted by atomic mass is 16.7. The lowest BCUT2D eigenvalue weighted by atomic mass is 9.93. The number of piperidine rings is 1. The molecule has 0 saturated carbocycles. The Balaban J connectivity index is 1.62.